The van der Waals surface area contributed by atoms with Gasteiger partial charge in [0.05, 0.1) is 0 Å². The predicted octanol–water partition coefficient (Wildman–Crippen LogP) is 3.92. The maximum Gasteiger partial charge on any atom is 0.284 e. The molecule has 0 aliphatic carbocycles. The Balaban J connectivity index is 2.22. The number of aromatic amines is 1. The van der Waals surface area contributed by atoms with Crippen LogP contribution >= 0.6 is 12.2 Å². The molecule has 0 spiro atoms. The van der Waals surface area contributed by atoms with Crippen molar-refractivity contribution in [3.63, 3.8) is 0 Å². The molecule has 1 heterocycles. The summed E-state index contributed by atoms with van der Waals surface area (Å²) < 4.78 is 11.0. The molecule has 2 aromatic rings. The fourth-order valence-electron chi connectivity index (χ4n) is 1.82. The number of benzene rings is 1. The van der Waals surface area contributed by atoms with Crippen LogP contribution in [0.3, 0.4) is 0 Å². The zero-order valence-electron chi connectivity index (χ0n) is 11.6. The Hall–Kier alpha value is -1.62. The summed E-state index contributed by atoms with van der Waals surface area (Å²) in [6, 6.07) is 6.16. The van der Waals surface area contributed by atoms with E-state index in [2.05, 4.69) is 44.0 Å². The molecule has 0 fully saturated rings. The lowest BCUT2D eigenvalue weighted by molar-refractivity contribution is 0.256. The molecule has 0 saturated heterocycles. The van der Waals surface area contributed by atoms with Crippen molar-refractivity contribution in [2.45, 2.75) is 39.7 Å². The van der Waals surface area contributed by atoms with Gasteiger partial charge in [0.15, 0.2) is 6.61 Å². The maximum absolute atomic E-state index is 5.80. The summed E-state index contributed by atoms with van der Waals surface area (Å²) in [6.45, 7) is 8.82. The van der Waals surface area contributed by atoms with E-state index in [-0.39, 0.29) is 16.9 Å². The minimum Gasteiger partial charge on any atom is -0.484 e. The Morgan fingerprint density at radius 2 is 2.11 bits per heavy atom. The molecule has 0 unspecified atom stereocenters. The third-order valence-corrected chi connectivity index (χ3v) is 2.95. The molecule has 1 N–H and O–H groups in total. The second-order valence-corrected chi connectivity index (χ2v) is 5.92. The van der Waals surface area contributed by atoms with Crippen molar-refractivity contribution in [3.05, 3.63) is 40.1 Å². The molecule has 1 aromatic heterocycles. The van der Waals surface area contributed by atoms with Crippen LogP contribution in [0, 0.1) is 11.8 Å². The molecular weight excluding hydrogens is 260 g/mol. The van der Waals surface area contributed by atoms with E-state index in [1.54, 1.807) is 0 Å². The standard InChI is InChI=1S/C14H18N2O2S/c1-9-5-6-11(10(7-9)14(2,3)4)17-8-12-15-16-13(19)18-12/h5-7H,8H2,1-4H3,(H,16,19). The van der Waals surface area contributed by atoms with E-state index < -0.39 is 0 Å². The lowest BCUT2D eigenvalue weighted by Gasteiger charge is -2.23. The minimum absolute atomic E-state index is 0.0211. The average Bonchev–Trinajstić information content (AvgIpc) is 2.72. The summed E-state index contributed by atoms with van der Waals surface area (Å²) in [6.07, 6.45) is 0. The Kier molecular flexibility index (Phi) is 3.75. The fourth-order valence-corrected chi connectivity index (χ4v) is 1.96. The predicted molar refractivity (Wildman–Crippen MR) is 75.9 cm³/mol. The summed E-state index contributed by atoms with van der Waals surface area (Å²) >= 11 is 4.83. The van der Waals surface area contributed by atoms with Crippen LogP contribution in [0.25, 0.3) is 0 Å². The first kappa shape index (κ1) is 13.8. The molecule has 5 heteroatoms. The first-order chi connectivity index (χ1) is 8.86. The average molecular weight is 278 g/mol. The third-order valence-electron chi connectivity index (χ3n) is 2.78. The SMILES string of the molecule is Cc1ccc(OCc2n[nH]c(=S)o2)c(C(C)(C)C)c1. The van der Waals surface area contributed by atoms with Gasteiger partial charge in [-0.15, -0.1) is 5.10 Å². The molecule has 0 radical (unpaired) electrons. The smallest absolute Gasteiger partial charge is 0.284 e. The first-order valence-electron chi connectivity index (χ1n) is 6.14. The molecule has 102 valence electrons. The summed E-state index contributed by atoms with van der Waals surface area (Å²) in [4.78, 5) is 0.263. The van der Waals surface area contributed by atoms with Crippen molar-refractivity contribution in [2.75, 3.05) is 0 Å². The normalized spacial score (nSPS) is 11.6. The van der Waals surface area contributed by atoms with E-state index in [1.165, 1.54) is 11.1 Å². The van der Waals surface area contributed by atoms with Crippen LogP contribution in [-0.4, -0.2) is 10.2 Å². The van der Waals surface area contributed by atoms with Gasteiger partial charge in [-0.2, -0.15) is 0 Å². The molecule has 0 amide bonds. The van der Waals surface area contributed by atoms with Crippen LogP contribution in [-0.2, 0) is 12.0 Å². The zero-order valence-corrected chi connectivity index (χ0v) is 12.4. The van der Waals surface area contributed by atoms with Gasteiger partial charge < -0.3 is 9.15 Å². The molecule has 0 atom stereocenters. The van der Waals surface area contributed by atoms with Crippen LogP contribution in [0.1, 0.15) is 37.8 Å². The number of ether oxygens (including phenoxy) is 1. The lowest BCUT2D eigenvalue weighted by atomic mass is 9.85. The Morgan fingerprint density at radius 3 is 2.68 bits per heavy atom. The van der Waals surface area contributed by atoms with Crippen molar-refractivity contribution >= 4 is 12.2 Å². The lowest BCUT2D eigenvalue weighted by Crippen LogP contribution is -2.13. The Bertz CT molecular complexity index is 623. The van der Waals surface area contributed by atoms with Crippen molar-refractivity contribution < 1.29 is 9.15 Å². The fraction of sp³-hybridized carbons (Fsp3) is 0.429. The van der Waals surface area contributed by atoms with E-state index in [0.717, 1.165) is 5.75 Å². The van der Waals surface area contributed by atoms with E-state index in [9.17, 15) is 0 Å². The van der Waals surface area contributed by atoms with Crippen LogP contribution in [0.5, 0.6) is 5.75 Å². The highest BCUT2D eigenvalue weighted by Crippen LogP contribution is 2.32. The highest BCUT2D eigenvalue weighted by molar-refractivity contribution is 7.71. The Labute approximate surface area is 117 Å². The summed E-state index contributed by atoms with van der Waals surface area (Å²) in [5, 5.41) is 6.50. The number of hydrogen-bond acceptors (Lipinski definition) is 4. The maximum atomic E-state index is 5.80. The van der Waals surface area contributed by atoms with Gasteiger partial charge in [0, 0.05) is 0 Å². The molecule has 0 aliphatic rings. The molecule has 4 nitrogen and oxygen atoms in total. The highest BCUT2D eigenvalue weighted by atomic mass is 32.1. The van der Waals surface area contributed by atoms with Crippen molar-refractivity contribution in [2.24, 2.45) is 0 Å². The molecule has 2 rings (SSSR count). The largest absolute Gasteiger partial charge is 0.484 e. The van der Waals surface area contributed by atoms with Gasteiger partial charge in [0.1, 0.15) is 5.75 Å². The Morgan fingerprint density at radius 1 is 1.37 bits per heavy atom. The molecule has 1 aromatic carbocycles. The number of H-pyrrole nitrogens is 1. The van der Waals surface area contributed by atoms with Crippen molar-refractivity contribution in [3.8, 4) is 5.75 Å². The number of nitrogens with one attached hydrogen (secondary N) is 1. The van der Waals surface area contributed by atoms with E-state index in [4.69, 9.17) is 21.4 Å². The molecule has 0 saturated carbocycles. The summed E-state index contributed by atoms with van der Waals surface area (Å²) in [5.74, 6) is 1.30. The minimum atomic E-state index is 0.0211. The van der Waals surface area contributed by atoms with E-state index in [0.29, 0.717) is 5.89 Å². The molecule has 19 heavy (non-hydrogen) atoms. The van der Waals surface area contributed by atoms with Crippen molar-refractivity contribution in [1.82, 2.24) is 10.2 Å². The van der Waals surface area contributed by atoms with Crippen molar-refractivity contribution in [1.29, 1.82) is 0 Å². The highest BCUT2D eigenvalue weighted by Gasteiger charge is 2.19. The first-order valence-corrected chi connectivity index (χ1v) is 6.55. The topological polar surface area (TPSA) is 51.0 Å². The number of rotatable bonds is 3. The third kappa shape index (κ3) is 3.44. The summed E-state index contributed by atoms with van der Waals surface area (Å²) in [5.41, 5.74) is 2.41. The quantitative estimate of drug-likeness (QED) is 0.865. The molecule has 0 bridgehead atoms. The zero-order chi connectivity index (χ0) is 14.0. The number of nitrogens with zero attached hydrogens (tertiary/aromatic N) is 1. The van der Waals surface area contributed by atoms with Gasteiger partial charge in [0.2, 0.25) is 0 Å². The van der Waals surface area contributed by atoms with Gasteiger partial charge in [0.25, 0.3) is 10.7 Å². The van der Waals surface area contributed by atoms with Gasteiger partial charge >= 0.3 is 0 Å². The molecular formula is C14H18N2O2S. The van der Waals surface area contributed by atoms with E-state index in [1.807, 2.05) is 12.1 Å². The number of hydrogen-bond donors (Lipinski definition) is 1. The van der Waals surface area contributed by atoms with E-state index >= 15 is 0 Å². The molecule has 0 aliphatic heterocycles. The second kappa shape index (κ2) is 5.17. The van der Waals surface area contributed by atoms with Crippen LogP contribution < -0.4 is 4.74 Å². The van der Waals surface area contributed by atoms with Gasteiger partial charge in [-0.25, -0.2) is 5.10 Å². The van der Waals surface area contributed by atoms with Gasteiger partial charge in [-0.3, -0.25) is 0 Å². The van der Waals surface area contributed by atoms with Gasteiger partial charge in [-0.05, 0) is 36.2 Å². The van der Waals surface area contributed by atoms with Crippen LogP contribution in [0.2, 0.25) is 0 Å². The monoisotopic (exact) mass is 278 g/mol. The number of aromatic nitrogens is 2. The summed E-state index contributed by atoms with van der Waals surface area (Å²) in [7, 11) is 0. The second-order valence-electron chi connectivity index (χ2n) is 5.55. The number of aryl methyl sites for hydroxylation is 1. The van der Waals surface area contributed by atoms with Crippen LogP contribution in [0.15, 0.2) is 22.6 Å². The van der Waals surface area contributed by atoms with Gasteiger partial charge in [-0.1, -0.05) is 38.5 Å². The van der Waals surface area contributed by atoms with Crippen LogP contribution in [0.4, 0.5) is 0 Å².